The molecule has 6 nitrogen and oxygen atoms in total. The van der Waals surface area contributed by atoms with Crippen LogP contribution in [0.1, 0.15) is 10.6 Å². The van der Waals surface area contributed by atoms with Gasteiger partial charge in [-0.05, 0) is 62.6 Å². The molecule has 0 spiro atoms. The van der Waals surface area contributed by atoms with E-state index in [1.54, 1.807) is 23.7 Å². The average Bonchev–Trinajstić information content (AvgIpc) is 3.35. The summed E-state index contributed by atoms with van der Waals surface area (Å²) < 4.78 is 5.75. The van der Waals surface area contributed by atoms with Gasteiger partial charge in [0.1, 0.15) is 5.01 Å². The molecule has 0 saturated carbocycles. The fourth-order valence-electron chi connectivity index (χ4n) is 3.61. The molecule has 0 atom stereocenters. The van der Waals surface area contributed by atoms with Gasteiger partial charge in [0.25, 0.3) is 0 Å². The molecule has 0 radical (unpaired) electrons. The van der Waals surface area contributed by atoms with E-state index in [1.165, 1.54) is 10.3 Å². The van der Waals surface area contributed by atoms with E-state index < -0.39 is 0 Å². The highest BCUT2D eigenvalue weighted by atomic mass is 32.1. The van der Waals surface area contributed by atoms with Gasteiger partial charge in [0, 0.05) is 23.6 Å². The maximum atomic E-state index is 5.87. The van der Waals surface area contributed by atoms with E-state index in [0.29, 0.717) is 11.4 Å². The van der Waals surface area contributed by atoms with Crippen LogP contribution in [0.25, 0.3) is 27.3 Å². The van der Waals surface area contributed by atoms with Crippen molar-refractivity contribution in [3.05, 3.63) is 88.4 Å². The molecule has 0 aliphatic heterocycles. The number of pyridine rings is 1. The lowest BCUT2D eigenvalue weighted by molar-refractivity contribution is 0.244. The highest BCUT2D eigenvalue weighted by Gasteiger charge is 2.16. The summed E-state index contributed by atoms with van der Waals surface area (Å²) in [6, 6.07) is 20.5. The molecule has 5 rings (SSSR count). The van der Waals surface area contributed by atoms with Crippen LogP contribution in [0.5, 0.6) is 0 Å². The van der Waals surface area contributed by atoms with Gasteiger partial charge in [-0.25, -0.2) is 9.67 Å². The van der Waals surface area contributed by atoms with Crippen LogP contribution in [0.15, 0.2) is 73.1 Å². The van der Waals surface area contributed by atoms with E-state index >= 15 is 0 Å². The van der Waals surface area contributed by atoms with Crippen molar-refractivity contribution in [2.24, 2.45) is 0 Å². The van der Waals surface area contributed by atoms with E-state index in [9.17, 15) is 0 Å². The van der Waals surface area contributed by atoms with Crippen LogP contribution in [0, 0.1) is 11.7 Å². The van der Waals surface area contributed by atoms with Gasteiger partial charge >= 0.3 is 0 Å². The van der Waals surface area contributed by atoms with Crippen molar-refractivity contribution in [1.29, 1.82) is 0 Å². The Bertz CT molecular complexity index is 1380. The van der Waals surface area contributed by atoms with Crippen LogP contribution in [0.2, 0.25) is 0 Å². The number of para-hydroxylation sites is 1. The molecule has 8 heteroatoms. The topological polar surface area (TPSA) is 51.8 Å². The number of thiazole rings is 1. The van der Waals surface area contributed by atoms with Gasteiger partial charge in [0.15, 0.2) is 5.82 Å². The molecule has 0 aliphatic rings. The predicted octanol–water partition coefficient (Wildman–Crippen LogP) is 5.47. The number of aromatic nitrogens is 5. The highest BCUT2D eigenvalue weighted by Crippen LogP contribution is 2.24. The smallest absolute Gasteiger partial charge is 0.204 e. The normalized spacial score (nSPS) is 11.5. The third-order valence-electron chi connectivity index (χ3n) is 5.19. The van der Waals surface area contributed by atoms with Crippen LogP contribution in [-0.2, 0) is 13.2 Å². The van der Waals surface area contributed by atoms with E-state index in [2.05, 4.69) is 60.3 Å². The Morgan fingerprint density at radius 3 is 2.50 bits per heavy atom. The lowest BCUT2D eigenvalue weighted by Crippen LogP contribution is -2.22. The van der Waals surface area contributed by atoms with Crippen LogP contribution in [0.4, 0.5) is 0 Å². The molecule has 3 heterocycles. The van der Waals surface area contributed by atoms with Crippen LogP contribution >= 0.6 is 23.6 Å². The zero-order valence-electron chi connectivity index (χ0n) is 17.8. The zero-order valence-corrected chi connectivity index (χ0v) is 19.5. The van der Waals surface area contributed by atoms with E-state index in [1.807, 2.05) is 33.5 Å². The minimum absolute atomic E-state index is 0.561. The Kier molecular flexibility index (Phi) is 5.65. The van der Waals surface area contributed by atoms with Gasteiger partial charge < -0.3 is 0 Å². The third-order valence-corrected chi connectivity index (χ3v) is 6.60. The summed E-state index contributed by atoms with van der Waals surface area (Å²) >= 11 is 7.59. The molecular weight excluding hydrogens is 436 g/mol. The molecule has 5 aromatic rings. The SMILES string of the molecule is Cc1ccc(-n2c(-c3ccncc3)nn(CN(C)Cc3nc4ccccc4s3)c2=S)cc1. The summed E-state index contributed by atoms with van der Waals surface area (Å²) in [4.78, 5) is 11.1. The number of hydrogen-bond donors (Lipinski definition) is 0. The maximum Gasteiger partial charge on any atom is 0.204 e. The number of aryl methyl sites for hydroxylation is 1. The maximum absolute atomic E-state index is 5.87. The molecule has 0 fully saturated rings. The Hall–Kier alpha value is -3.20. The standard InChI is InChI=1S/C24H22N6S2/c1-17-7-9-19(10-8-17)30-23(18-11-13-25-14-12-18)27-29(24(30)31)16-28(2)15-22-26-20-5-3-4-6-21(20)32-22/h3-14H,15-16H2,1-2H3. The molecule has 2 aromatic carbocycles. The van der Waals surface area contributed by atoms with Crippen LogP contribution in [0.3, 0.4) is 0 Å². The fraction of sp³-hybridized carbons (Fsp3) is 0.167. The Labute approximate surface area is 195 Å². The number of benzene rings is 2. The van der Waals surface area contributed by atoms with E-state index in [0.717, 1.165) is 34.1 Å². The van der Waals surface area contributed by atoms with E-state index in [4.69, 9.17) is 22.3 Å². The zero-order chi connectivity index (χ0) is 22.1. The molecule has 3 aromatic heterocycles. The van der Waals surface area contributed by atoms with Crippen LogP contribution < -0.4 is 0 Å². The molecule has 0 unspecified atom stereocenters. The van der Waals surface area contributed by atoms with Crippen molar-refractivity contribution in [2.75, 3.05) is 7.05 Å². The van der Waals surface area contributed by atoms with Gasteiger partial charge in [0.2, 0.25) is 4.77 Å². The van der Waals surface area contributed by atoms with Crippen molar-refractivity contribution >= 4 is 33.8 Å². The van der Waals surface area contributed by atoms with Crippen molar-refractivity contribution in [3.63, 3.8) is 0 Å². The van der Waals surface area contributed by atoms with Crippen molar-refractivity contribution in [3.8, 4) is 17.1 Å². The lowest BCUT2D eigenvalue weighted by atomic mass is 10.2. The summed E-state index contributed by atoms with van der Waals surface area (Å²) in [5.74, 6) is 0.801. The molecule has 0 amide bonds. The Morgan fingerprint density at radius 1 is 1.00 bits per heavy atom. The molecular formula is C24H22N6S2. The largest absolute Gasteiger partial charge is 0.281 e. The number of fused-ring (bicyclic) bond motifs is 1. The quantitative estimate of drug-likeness (QED) is 0.316. The summed E-state index contributed by atoms with van der Waals surface area (Å²) in [7, 11) is 2.06. The van der Waals surface area contributed by atoms with Gasteiger partial charge in [-0.2, -0.15) is 0 Å². The first kappa shape index (κ1) is 20.7. The van der Waals surface area contributed by atoms with Crippen molar-refractivity contribution in [1.82, 2.24) is 29.2 Å². The molecule has 0 bridgehead atoms. The minimum atomic E-state index is 0.561. The van der Waals surface area contributed by atoms with Gasteiger partial charge in [-0.1, -0.05) is 29.8 Å². The second-order valence-electron chi connectivity index (χ2n) is 7.74. The first-order valence-corrected chi connectivity index (χ1v) is 11.5. The van der Waals surface area contributed by atoms with Crippen molar-refractivity contribution in [2.45, 2.75) is 20.1 Å². The molecule has 160 valence electrons. The van der Waals surface area contributed by atoms with Gasteiger partial charge in [-0.3, -0.25) is 14.5 Å². The van der Waals surface area contributed by atoms with Crippen molar-refractivity contribution < 1.29 is 0 Å². The fourth-order valence-corrected chi connectivity index (χ4v) is 4.95. The summed E-state index contributed by atoms with van der Waals surface area (Å²) in [6.07, 6.45) is 3.55. The average molecular weight is 459 g/mol. The summed E-state index contributed by atoms with van der Waals surface area (Å²) in [6.45, 7) is 3.36. The van der Waals surface area contributed by atoms with Gasteiger partial charge in [-0.15, -0.1) is 16.4 Å². The second-order valence-corrected chi connectivity index (χ2v) is 9.22. The second kappa shape index (κ2) is 8.74. The Morgan fingerprint density at radius 2 is 1.75 bits per heavy atom. The molecule has 0 N–H and O–H groups in total. The Balaban J connectivity index is 1.48. The molecule has 32 heavy (non-hydrogen) atoms. The van der Waals surface area contributed by atoms with E-state index in [-0.39, 0.29) is 0 Å². The van der Waals surface area contributed by atoms with Gasteiger partial charge in [0.05, 0.1) is 23.4 Å². The lowest BCUT2D eigenvalue weighted by Gasteiger charge is -2.14. The number of nitrogens with zero attached hydrogens (tertiary/aromatic N) is 6. The predicted molar refractivity (Wildman–Crippen MR) is 131 cm³/mol. The minimum Gasteiger partial charge on any atom is -0.281 e. The highest BCUT2D eigenvalue weighted by molar-refractivity contribution is 7.71. The molecule has 0 saturated heterocycles. The number of hydrogen-bond acceptors (Lipinski definition) is 6. The summed E-state index contributed by atoms with van der Waals surface area (Å²) in [5, 5.41) is 5.97. The monoisotopic (exact) mass is 458 g/mol. The third kappa shape index (κ3) is 4.12. The first-order chi connectivity index (χ1) is 15.6. The van der Waals surface area contributed by atoms with Crippen LogP contribution in [-0.4, -0.2) is 36.3 Å². The number of rotatable bonds is 6. The first-order valence-electron chi connectivity index (χ1n) is 10.3. The summed E-state index contributed by atoms with van der Waals surface area (Å²) in [5.41, 5.74) is 4.21. The molecule has 0 aliphatic carbocycles.